The number of aliphatic hydroxyl groups is 1. The second-order valence-electron chi connectivity index (χ2n) is 29.8. The number of rotatable bonds is 75. The Balaban J connectivity index is 5.16. The van der Waals surface area contributed by atoms with Crippen molar-refractivity contribution in [2.24, 2.45) is 23.7 Å². The largest absolute Gasteiger partial charge is 0.472 e. The first-order valence-corrected chi connectivity index (χ1v) is 43.2. The van der Waals surface area contributed by atoms with Crippen LogP contribution in [0.25, 0.3) is 0 Å². The lowest BCUT2D eigenvalue weighted by Crippen LogP contribution is -2.30. The second kappa shape index (κ2) is 67.2. The maximum atomic E-state index is 13.1. The van der Waals surface area contributed by atoms with Crippen LogP contribution in [0.3, 0.4) is 0 Å². The molecule has 19 heteroatoms. The highest BCUT2D eigenvalue weighted by atomic mass is 31.2. The maximum Gasteiger partial charge on any atom is 0.472 e. The van der Waals surface area contributed by atoms with Gasteiger partial charge in [-0.15, -0.1) is 0 Å². The van der Waals surface area contributed by atoms with Gasteiger partial charge in [0.05, 0.1) is 26.4 Å². The number of ether oxygens (including phenoxy) is 4. The van der Waals surface area contributed by atoms with Crippen molar-refractivity contribution in [3.8, 4) is 0 Å². The number of carbonyl (C=O) groups excluding carboxylic acids is 4. The van der Waals surface area contributed by atoms with Crippen molar-refractivity contribution in [1.82, 2.24) is 0 Å². The van der Waals surface area contributed by atoms with Crippen LogP contribution < -0.4 is 0 Å². The molecular formula is C78H152O17P2. The summed E-state index contributed by atoms with van der Waals surface area (Å²) < 4.78 is 68.5. The summed E-state index contributed by atoms with van der Waals surface area (Å²) in [6.45, 7) is 14.2. The molecule has 0 rings (SSSR count). The average Bonchev–Trinajstić information content (AvgIpc) is 1.17. The van der Waals surface area contributed by atoms with E-state index in [9.17, 15) is 43.2 Å². The molecule has 0 saturated carbocycles. The van der Waals surface area contributed by atoms with Crippen LogP contribution in [0.5, 0.6) is 0 Å². The summed E-state index contributed by atoms with van der Waals surface area (Å²) in [6.07, 6.45) is 52.9. The van der Waals surface area contributed by atoms with Crippen molar-refractivity contribution in [1.29, 1.82) is 0 Å². The van der Waals surface area contributed by atoms with Gasteiger partial charge in [-0.3, -0.25) is 37.3 Å². The molecule has 0 amide bonds. The zero-order valence-corrected chi connectivity index (χ0v) is 65.5. The standard InChI is InChI=1S/C78H152O17P2/c1-9-71(8)57-49-41-33-25-18-16-14-12-10-11-13-15-17-19-26-34-42-50-58-75(80)88-64-73(95-78(83)61-53-45-36-28-22-24-31-39-47-55-69(4)5)66-92-96(84,85)90-62-72(79)63-91-97(86,87)93-67-74(65-89-76(81)59-51-43-37-29-32-40-48-56-70(6)7)94-77(82)60-52-44-35-27-21-20-23-30-38-46-54-68(2)3/h68-74,79H,9-67H2,1-8H3,(H,84,85)(H,86,87)/t71?,72?,73-,74-/m1/s1. The lowest BCUT2D eigenvalue weighted by atomic mass is 9.99. The first kappa shape index (κ1) is 95.1. The average molecular weight is 1420 g/mol. The van der Waals surface area contributed by atoms with E-state index in [0.29, 0.717) is 31.6 Å². The van der Waals surface area contributed by atoms with Crippen molar-refractivity contribution in [2.45, 2.75) is 414 Å². The second-order valence-corrected chi connectivity index (χ2v) is 32.7. The fourth-order valence-electron chi connectivity index (χ4n) is 11.9. The minimum Gasteiger partial charge on any atom is -0.462 e. The molecule has 0 aromatic carbocycles. The van der Waals surface area contributed by atoms with E-state index >= 15 is 0 Å². The van der Waals surface area contributed by atoms with E-state index in [-0.39, 0.29) is 25.7 Å². The Bertz CT molecular complexity index is 1900. The summed E-state index contributed by atoms with van der Waals surface area (Å²) in [4.78, 5) is 72.8. The van der Waals surface area contributed by atoms with E-state index in [4.69, 9.17) is 37.0 Å². The summed E-state index contributed by atoms with van der Waals surface area (Å²) in [5.41, 5.74) is 0. The fraction of sp³-hybridized carbons (Fsp3) is 0.949. The minimum absolute atomic E-state index is 0.105. The zero-order valence-electron chi connectivity index (χ0n) is 63.7. The number of hydrogen-bond acceptors (Lipinski definition) is 15. The number of phosphoric ester groups is 2. The van der Waals surface area contributed by atoms with Crippen molar-refractivity contribution < 1.29 is 80.2 Å². The molecule has 0 heterocycles. The molecule has 0 radical (unpaired) electrons. The molecule has 17 nitrogen and oxygen atoms in total. The van der Waals surface area contributed by atoms with Gasteiger partial charge in [-0.25, -0.2) is 9.13 Å². The van der Waals surface area contributed by atoms with E-state index in [2.05, 4.69) is 55.4 Å². The van der Waals surface area contributed by atoms with Crippen molar-refractivity contribution in [3.05, 3.63) is 0 Å². The van der Waals surface area contributed by atoms with E-state index in [1.54, 1.807) is 0 Å². The Kier molecular flexibility index (Phi) is 65.9. The van der Waals surface area contributed by atoms with Crippen LogP contribution in [0.1, 0.15) is 396 Å². The molecule has 6 atom stereocenters. The summed E-state index contributed by atoms with van der Waals surface area (Å²) in [5.74, 6) is 0.946. The zero-order chi connectivity index (χ0) is 71.7. The Morgan fingerprint density at radius 2 is 0.495 bits per heavy atom. The van der Waals surface area contributed by atoms with Gasteiger partial charge in [0.25, 0.3) is 0 Å². The van der Waals surface area contributed by atoms with Gasteiger partial charge in [0.1, 0.15) is 19.3 Å². The van der Waals surface area contributed by atoms with Crippen molar-refractivity contribution >= 4 is 39.5 Å². The fourth-order valence-corrected chi connectivity index (χ4v) is 13.5. The van der Waals surface area contributed by atoms with E-state index < -0.39 is 97.5 Å². The third-order valence-electron chi connectivity index (χ3n) is 18.4. The highest BCUT2D eigenvalue weighted by Gasteiger charge is 2.30. The van der Waals surface area contributed by atoms with Crippen LogP contribution in [0.2, 0.25) is 0 Å². The van der Waals surface area contributed by atoms with Gasteiger partial charge in [0, 0.05) is 25.7 Å². The van der Waals surface area contributed by atoms with E-state index in [0.717, 1.165) is 114 Å². The normalized spacial score (nSPS) is 14.4. The first-order valence-electron chi connectivity index (χ1n) is 40.2. The molecule has 576 valence electrons. The van der Waals surface area contributed by atoms with Gasteiger partial charge in [-0.05, 0) is 49.4 Å². The highest BCUT2D eigenvalue weighted by Crippen LogP contribution is 2.45. The lowest BCUT2D eigenvalue weighted by Gasteiger charge is -2.21. The summed E-state index contributed by atoms with van der Waals surface area (Å²) in [5, 5.41) is 10.6. The number of hydrogen-bond donors (Lipinski definition) is 3. The Morgan fingerprint density at radius 1 is 0.289 bits per heavy atom. The maximum absolute atomic E-state index is 13.1. The molecule has 0 saturated heterocycles. The number of phosphoric acid groups is 2. The van der Waals surface area contributed by atoms with Gasteiger partial charge in [-0.2, -0.15) is 0 Å². The summed E-state index contributed by atoms with van der Waals surface area (Å²) in [6, 6.07) is 0. The van der Waals surface area contributed by atoms with E-state index in [1.807, 2.05) is 0 Å². The topological polar surface area (TPSA) is 237 Å². The van der Waals surface area contributed by atoms with Gasteiger partial charge >= 0.3 is 39.5 Å². The smallest absolute Gasteiger partial charge is 0.462 e. The number of aliphatic hydroxyl groups excluding tert-OH is 1. The first-order chi connectivity index (χ1) is 46.6. The quantitative estimate of drug-likeness (QED) is 0.0222. The Morgan fingerprint density at radius 3 is 0.732 bits per heavy atom. The highest BCUT2D eigenvalue weighted by molar-refractivity contribution is 7.47. The SMILES string of the molecule is CCC(C)CCCCCCCCCCCCCCCCCCCCC(=O)OC[C@H](COP(=O)(O)OCC(O)COP(=O)(O)OC[C@@H](COC(=O)CCCCCCCCCC(C)C)OC(=O)CCCCCCCCCCCCC(C)C)OC(=O)CCCCCCCCCCCC(C)C. The molecule has 0 aromatic rings. The van der Waals surface area contributed by atoms with Crippen LogP contribution in [-0.4, -0.2) is 96.7 Å². The van der Waals surface area contributed by atoms with Crippen LogP contribution in [-0.2, 0) is 65.4 Å². The summed E-state index contributed by atoms with van der Waals surface area (Å²) in [7, 11) is -9.91. The van der Waals surface area contributed by atoms with E-state index in [1.165, 1.54) is 193 Å². The van der Waals surface area contributed by atoms with Gasteiger partial charge in [0.2, 0.25) is 0 Å². The Hall–Kier alpha value is -1.94. The molecule has 3 N–H and O–H groups in total. The molecule has 0 bridgehead atoms. The minimum atomic E-state index is -4.96. The molecule has 0 aromatic heterocycles. The van der Waals surface area contributed by atoms with Crippen LogP contribution in [0.4, 0.5) is 0 Å². The Labute approximate surface area is 594 Å². The van der Waals surface area contributed by atoms with Crippen molar-refractivity contribution in [3.63, 3.8) is 0 Å². The van der Waals surface area contributed by atoms with Gasteiger partial charge < -0.3 is 33.8 Å². The third-order valence-corrected chi connectivity index (χ3v) is 20.3. The molecule has 0 fully saturated rings. The number of esters is 4. The molecule has 0 spiro atoms. The third kappa shape index (κ3) is 70.9. The number of unbranched alkanes of at least 4 members (excludes halogenated alkanes) is 40. The molecule has 0 aliphatic rings. The van der Waals surface area contributed by atoms with Crippen molar-refractivity contribution in [2.75, 3.05) is 39.6 Å². The monoisotopic (exact) mass is 1420 g/mol. The van der Waals surface area contributed by atoms with Crippen LogP contribution in [0, 0.1) is 23.7 Å². The molecule has 0 aliphatic carbocycles. The molecule has 97 heavy (non-hydrogen) atoms. The molecular weight excluding hydrogens is 1270 g/mol. The predicted octanol–water partition coefficient (Wildman–Crippen LogP) is 22.8. The summed E-state index contributed by atoms with van der Waals surface area (Å²) >= 11 is 0. The molecule has 4 unspecified atom stereocenters. The lowest BCUT2D eigenvalue weighted by molar-refractivity contribution is -0.161. The van der Waals surface area contributed by atoms with Gasteiger partial charge in [0.15, 0.2) is 12.2 Å². The number of carbonyl (C=O) groups is 4. The van der Waals surface area contributed by atoms with Crippen LogP contribution >= 0.6 is 15.6 Å². The molecule has 0 aliphatic heterocycles. The van der Waals surface area contributed by atoms with Gasteiger partial charge in [-0.1, -0.05) is 344 Å². The van der Waals surface area contributed by atoms with Crippen LogP contribution in [0.15, 0.2) is 0 Å². The predicted molar refractivity (Wildman–Crippen MR) is 395 cm³/mol.